The van der Waals surface area contributed by atoms with Gasteiger partial charge < -0.3 is 36.0 Å². The van der Waals surface area contributed by atoms with Crippen molar-refractivity contribution in [1.82, 2.24) is 0 Å². The zero-order chi connectivity index (χ0) is 17.9. The maximum absolute atomic E-state index is 11.4. The van der Waals surface area contributed by atoms with E-state index in [4.69, 9.17) is 9.84 Å². The molecule has 0 saturated carbocycles. The highest BCUT2D eigenvalue weighted by Gasteiger charge is 2.42. The fourth-order valence-corrected chi connectivity index (χ4v) is 2.42. The van der Waals surface area contributed by atoms with Gasteiger partial charge in [0.25, 0.3) is 0 Å². The van der Waals surface area contributed by atoms with E-state index in [-0.39, 0.29) is 11.8 Å². The molecule has 6 N–H and O–H groups in total. The lowest BCUT2D eigenvalue weighted by molar-refractivity contribution is -0.115. The Morgan fingerprint density at radius 1 is 1.08 bits per heavy atom. The topological polar surface area (TPSA) is 140 Å². The van der Waals surface area contributed by atoms with E-state index < -0.39 is 31.1 Å². The van der Waals surface area contributed by atoms with Crippen molar-refractivity contribution in [1.29, 1.82) is 0 Å². The van der Waals surface area contributed by atoms with Gasteiger partial charge in [0.2, 0.25) is 11.8 Å². The number of nitrogens with one attached hydrogen (secondary N) is 3. The van der Waals surface area contributed by atoms with Crippen LogP contribution in [0.5, 0.6) is 0 Å². The molecule has 0 aromatic heterocycles. The van der Waals surface area contributed by atoms with E-state index in [1.54, 1.807) is 18.2 Å². The van der Waals surface area contributed by atoms with E-state index in [9.17, 15) is 19.8 Å². The Bertz CT molecular complexity index is 623. The maximum atomic E-state index is 11.4. The summed E-state index contributed by atoms with van der Waals surface area (Å²) in [6, 6.07) is 4.74. The zero-order valence-corrected chi connectivity index (χ0v) is 13.3. The Balaban J connectivity index is 2.22. The molecule has 1 saturated heterocycles. The number of aliphatic hydroxyl groups excluding tert-OH is 3. The van der Waals surface area contributed by atoms with Crippen LogP contribution in [-0.2, 0) is 14.3 Å². The standard InChI is InChI=1S/C15H21N3O6/c1-7(20)16-9-3-4-10(11(5-9)17-8(2)21)18-15-14(23)13(22)12(6-19)24-15/h3-5,12-15,18-19,22-23H,6H2,1-2H3,(H,16,20)(H,17,21)/t12-,13-,14-,15-/m1/s1. The quantitative estimate of drug-likeness (QED) is 0.423. The van der Waals surface area contributed by atoms with E-state index in [0.29, 0.717) is 17.1 Å². The summed E-state index contributed by atoms with van der Waals surface area (Å²) in [4.78, 5) is 22.5. The molecule has 132 valence electrons. The van der Waals surface area contributed by atoms with Crippen LogP contribution in [-0.4, -0.2) is 58.3 Å². The highest BCUT2D eigenvalue weighted by Crippen LogP contribution is 2.30. The summed E-state index contributed by atoms with van der Waals surface area (Å²) in [5.41, 5.74) is 1.28. The van der Waals surface area contributed by atoms with Crippen LogP contribution in [0.4, 0.5) is 17.1 Å². The molecule has 1 fully saturated rings. The number of amides is 2. The Morgan fingerprint density at radius 3 is 2.29 bits per heavy atom. The Kier molecular flexibility index (Phi) is 5.73. The highest BCUT2D eigenvalue weighted by atomic mass is 16.6. The molecule has 9 nitrogen and oxygen atoms in total. The lowest BCUT2D eigenvalue weighted by Gasteiger charge is -2.20. The maximum Gasteiger partial charge on any atom is 0.221 e. The lowest BCUT2D eigenvalue weighted by atomic mass is 10.1. The average Bonchev–Trinajstić information content (AvgIpc) is 2.76. The second kappa shape index (κ2) is 7.58. The molecular formula is C15H21N3O6. The van der Waals surface area contributed by atoms with Gasteiger partial charge in [-0.25, -0.2) is 0 Å². The minimum absolute atomic E-state index is 0.257. The zero-order valence-electron chi connectivity index (χ0n) is 13.3. The number of hydrogen-bond acceptors (Lipinski definition) is 7. The van der Waals surface area contributed by atoms with E-state index in [2.05, 4.69) is 16.0 Å². The number of benzene rings is 1. The van der Waals surface area contributed by atoms with E-state index in [0.717, 1.165) is 0 Å². The first-order chi connectivity index (χ1) is 11.3. The second-order valence-corrected chi connectivity index (χ2v) is 5.53. The van der Waals surface area contributed by atoms with Crippen LogP contribution < -0.4 is 16.0 Å². The van der Waals surface area contributed by atoms with Gasteiger partial charge in [0.15, 0.2) is 6.23 Å². The highest BCUT2D eigenvalue weighted by molar-refractivity contribution is 5.95. The van der Waals surface area contributed by atoms with Crippen molar-refractivity contribution in [3.63, 3.8) is 0 Å². The van der Waals surface area contributed by atoms with Crippen LogP contribution in [0, 0.1) is 0 Å². The molecule has 1 aromatic rings. The molecule has 24 heavy (non-hydrogen) atoms. The number of carbonyl (C=O) groups is 2. The van der Waals surface area contributed by atoms with Crippen LogP contribution >= 0.6 is 0 Å². The normalized spacial score (nSPS) is 26.0. The van der Waals surface area contributed by atoms with Gasteiger partial charge >= 0.3 is 0 Å². The van der Waals surface area contributed by atoms with E-state index >= 15 is 0 Å². The first-order valence-electron chi connectivity index (χ1n) is 7.40. The van der Waals surface area contributed by atoms with Crippen LogP contribution in [0.2, 0.25) is 0 Å². The van der Waals surface area contributed by atoms with Gasteiger partial charge in [-0.2, -0.15) is 0 Å². The van der Waals surface area contributed by atoms with E-state index in [1.165, 1.54) is 13.8 Å². The third-order valence-electron chi connectivity index (χ3n) is 3.49. The average molecular weight is 339 g/mol. The van der Waals surface area contributed by atoms with Gasteiger partial charge in [-0.1, -0.05) is 0 Å². The van der Waals surface area contributed by atoms with Gasteiger partial charge in [0.05, 0.1) is 18.0 Å². The number of ether oxygens (including phenoxy) is 1. The van der Waals surface area contributed by atoms with Crippen molar-refractivity contribution in [2.24, 2.45) is 0 Å². The summed E-state index contributed by atoms with van der Waals surface area (Å²) in [6.45, 7) is 2.27. The molecule has 1 heterocycles. The second-order valence-electron chi connectivity index (χ2n) is 5.53. The van der Waals surface area contributed by atoms with E-state index in [1.807, 2.05) is 0 Å². The van der Waals surface area contributed by atoms with Gasteiger partial charge in [0, 0.05) is 19.5 Å². The molecular weight excluding hydrogens is 318 g/mol. The number of carbonyl (C=O) groups excluding carboxylic acids is 2. The summed E-state index contributed by atoms with van der Waals surface area (Å²) < 4.78 is 5.35. The molecule has 9 heteroatoms. The fraction of sp³-hybridized carbons (Fsp3) is 0.467. The van der Waals surface area contributed by atoms with Crippen LogP contribution in [0.3, 0.4) is 0 Å². The van der Waals surface area contributed by atoms with Gasteiger partial charge in [-0.05, 0) is 18.2 Å². The summed E-state index contributed by atoms with van der Waals surface area (Å²) in [6.07, 6.45) is -4.34. The smallest absolute Gasteiger partial charge is 0.221 e. The van der Waals surface area contributed by atoms with Crippen LogP contribution in [0.15, 0.2) is 18.2 Å². The van der Waals surface area contributed by atoms with Crippen molar-refractivity contribution in [3.05, 3.63) is 18.2 Å². The van der Waals surface area contributed by atoms with Crippen molar-refractivity contribution in [2.45, 2.75) is 38.4 Å². The molecule has 1 aliphatic heterocycles. The number of anilines is 3. The molecule has 2 amide bonds. The minimum Gasteiger partial charge on any atom is -0.394 e. The monoisotopic (exact) mass is 339 g/mol. The predicted molar refractivity (Wildman–Crippen MR) is 86.4 cm³/mol. The molecule has 1 aromatic carbocycles. The minimum atomic E-state index is -1.25. The third-order valence-corrected chi connectivity index (χ3v) is 3.49. The first kappa shape index (κ1) is 18.1. The first-order valence-corrected chi connectivity index (χ1v) is 7.40. The molecule has 0 radical (unpaired) electrons. The van der Waals surface area contributed by atoms with Gasteiger partial charge in [-0.15, -0.1) is 0 Å². The van der Waals surface area contributed by atoms with Crippen molar-refractivity contribution in [3.8, 4) is 0 Å². The molecule has 0 unspecified atom stereocenters. The van der Waals surface area contributed by atoms with Crippen molar-refractivity contribution in [2.75, 3.05) is 22.6 Å². The molecule has 0 aliphatic carbocycles. The summed E-state index contributed by atoms with van der Waals surface area (Å²) >= 11 is 0. The summed E-state index contributed by atoms with van der Waals surface area (Å²) in [7, 11) is 0. The van der Waals surface area contributed by atoms with Gasteiger partial charge in [-0.3, -0.25) is 9.59 Å². The Morgan fingerprint density at radius 2 is 1.75 bits per heavy atom. The molecule has 0 spiro atoms. The van der Waals surface area contributed by atoms with Crippen molar-refractivity contribution >= 4 is 28.9 Å². The van der Waals surface area contributed by atoms with Crippen molar-refractivity contribution < 1.29 is 29.6 Å². The molecule has 2 rings (SSSR count). The Labute approximate surface area is 138 Å². The number of rotatable bonds is 5. The summed E-state index contributed by atoms with van der Waals surface area (Å²) in [5.74, 6) is -0.577. The molecule has 4 atom stereocenters. The largest absolute Gasteiger partial charge is 0.394 e. The SMILES string of the molecule is CC(=O)Nc1ccc(N[C@@H]2O[C@H](CO)[C@@H](O)[C@H]2O)c(NC(C)=O)c1. The molecule has 0 bridgehead atoms. The number of aliphatic hydroxyl groups is 3. The third kappa shape index (κ3) is 4.20. The number of hydrogen-bond donors (Lipinski definition) is 6. The van der Waals surface area contributed by atoms with Crippen LogP contribution in [0.25, 0.3) is 0 Å². The lowest BCUT2D eigenvalue weighted by Crippen LogP contribution is -2.36. The summed E-state index contributed by atoms with van der Waals surface area (Å²) in [5, 5.41) is 36.9. The predicted octanol–water partition coefficient (Wildman–Crippen LogP) is -0.546. The Hall–Kier alpha value is -2.20. The van der Waals surface area contributed by atoms with Crippen LogP contribution in [0.1, 0.15) is 13.8 Å². The molecule has 1 aliphatic rings. The van der Waals surface area contributed by atoms with Gasteiger partial charge in [0.1, 0.15) is 18.3 Å². The fourth-order valence-electron chi connectivity index (χ4n) is 2.42.